The van der Waals surface area contributed by atoms with Crippen LogP contribution in [0.3, 0.4) is 0 Å². The van der Waals surface area contributed by atoms with E-state index < -0.39 is 0 Å². The first kappa shape index (κ1) is 18.2. The van der Waals surface area contributed by atoms with Crippen molar-refractivity contribution in [3.63, 3.8) is 0 Å². The van der Waals surface area contributed by atoms with Crippen LogP contribution < -0.4 is 4.90 Å². The maximum absolute atomic E-state index is 14.0. The SMILES string of the molecule is COC(C)c1nc(CN(C)c2c(C#N)cnc3c(C)cc(F)cc23)cs1. The topological polar surface area (TPSA) is 62.0 Å². The van der Waals surface area contributed by atoms with Crippen LogP contribution in [0.1, 0.15) is 34.9 Å². The molecule has 0 fully saturated rings. The minimum atomic E-state index is -0.341. The maximum Gasteiger partial charge on any atom is 0.124 e. The molecule has 0 saturated carbocycles. The predicted molar refractivity (Wildman–Crippen MR) is 101 cm³/mol. The van der Waals surface area contributed by atoms with E-state index in [0.29, 0.717) is 28.7 Å². The molecule has 2 aromatic heterocycles. The van der Waals surface area contributed by atoms with Gasteiger partial charge in [0.1, 0.15) is 23.0 Å². The summed E-state index contributed by atoms with van der Waals surface area (Å²) in [5.41, 5.74) is 3.38. The second kappa shape index (κ2) is 7.36. The number of rotatable bonds is 5. The van der Waals surface area contributed by atoms with Crippen LogP contribution in [-0.4, -0.2) is 24.1 Å². The summed E-state index contributed by atoms with van der Waals surface area (Å²) in [5.74, 6) is -0.341. The molecule has 0 aliphatic rings. The molecule has 0 radical (unpaired) electrons. The number of aryl methyl sites for hydroxylation is 1. The van der Waals surface area contributed by atoms with Crippen LogP contribution >= 0.6 is 11.3 Å². The second-order valence-corrected chi connectivity index (χ2v) is 7.05. The number of aromatic nitrogens is 2. The van der Waals surface area contributed by atoms with Crippen LogP contribution in [-0.2, 0) is 11.3 Å². The normalized spacial score (nSPS) is 12.2. The first-order valence-electron chi connectivity index (χ1n) is 8.11. The van der Waals surface area contributed by atoms with Crippen molar-refractivity contribution in [2.24, 2.45) is 0 Å². The standard InChI is InChI=1S/C19H19FN4OS/c1-11-5-14(20)6-16-17(11)22-8-13(7-21)18(16)24(3)9-15-10-26-19(23-15)12(2)25-4/h5-6,8,10,12H,9H2,1-4H3. The van der Waals surface area contributed by atoms with Gasteiger partial charge in [0, 0.05) is 31.1 Å². The molecule has 0 amide bonds. The monoisotopic (exact) mass is 370 g/mol. The molecular formula is C19H19FN4OS. The summed E-state index contributed by atoms with van der Waals surface area (Å²) in [6.07, 6.45) is 1.48. The Bertz CT molecular complexity index is 995. The zero-order valence-electron chi connectivity index (χ0n) is 15.1. The molecule has 1 unspecified atom stereocenters. The summed E-state index contributed by atoms with van der Waals surface area (Å²) in [6.45, 7) is 4.26. The molecule has 1 aromatic carbocycles. The number of fused-ring (bicyclic) bond motifs is 1. The van der Waals surface area contributed by atoms with Gasteiger partial charge in [-0.2, -0.15) is 5.26 Å². The van der Waals surface area contributed by atoms with Crippen LogP contribution in [0.2, 0.25) is 0 Å². The van der Waals surface area contributed by atoms with Gasteiger partial charge < -0.3 is 9.64 Å². The predicted octanol–water partition coefficient (Wildman–Crippen LogP) is 4.35. The van der Waals surface area contributed by atoms with Crippen LogP contribution in [0.5, 0.6) is 0 Å². The zero-order chi connectivity index (χ0) is 18.8. The highest BCUT2D eigenvalue weighted by atomic mass is 32.1. The Hall–Kier alpha value is -2.56. The highest BCUT2D eigenvalue weighted by molar-refractivity contribution is 7.09. The highest BCUT2D eigenvalue weighted by Crippen LogP contribution is 2.32. The third kappa shape index (κ3) is 3.39. The third-order valence-corrected chi connectivity index (χ3v) is 5.33. The highest BCUT2D eigenvalue weighted by Gasteiger charge is 2.17. The van der Waals surface area contributed by atoms with Crippen molar-refractivity contribution >= 4 is 27.9 Å². The smallest absolute Gasteiger partial charge is 0.124 e. The third-order valence-electron chi connectivity index (χ3n) is 4.27. The average Bonchev–Trinajstić information content (AvgIpc) is 3.08. The van der Waals surface area contributed by atoms with E-state index in [4.69, 9.17) is 4.74 Å². The maximum atomic E-state index is 14.0. The Balaban J connectivity index is 2.03. The summed E-state index contributed by atoms with van der Waals surface area (Å²) < 4.78 is 19.3. The number of hydrogen-bond acceptors (Lipinski definition) is 6. The van der Waals surface area contributed by atoms with E-state index >= 15 is 0 Å². The summed E-state index contributed by atoms with van der Waals surface area (Å²) >= 11 is 1.54. The van der Waals surface area contributed by atoms with Gasteiger partial charge in [-0.1, -0.05) is 0 Å². The number of halogens is 1. The molecule has 0 spiro atoms. The van der Waals surface area contributed by atoms with Crippen LogP contribution in [0.15, 0.2) is 23.7 Å². The lowest BCUT2D eigenvalue weighted by atomic mass is 10.1. The van der Waals surface area contributed by atoms with Crippen LogP contribution in [0.4, 0.5) is 10.1 Å². The van der Waals surface area contributed by atoms with Crippen molar-refractivity contribution in [3.05, 3.63) is 51.4 Å². The molecular weight excluding hydrogens is 351 g/mol. The number of pyridine rings is 1. The van der Waals surface area contributed by atoms with Crippen molar-refractivity contribution < 1.29 is 9.13 Å². The Kier molecular flexibility index (Phi) is 5.16. The lowest BCUT2D eigenvalue weighted by Gasteiger charge is -2.22. The molecule has 0 aliphatic heterocycles. The van der Waals surface area contributed by atoms with Crippen molar-refractivity contribution in [1.29, 1.82) is 5.26 Å². The van der Waals surface area contributed by atoms with Gasteiger partial charge in [0.25, 0.3) is 0 Å². The van der Waals surface area contributed by atoms with Gasteiger partial charge in [0.15, 0.2) is 0 Å². The molecule has 0 saturated heterocycles. The molecule has 3 rings (SSSR count). The Morgan fingerprint density at radius 3 is 2.88 bits per heavy atom. The Morgan fingerprint density at radius 1 is 1.42 bits per heavy atom. The van der Waals surface area contributed by atoms with Gasteiger partial charge in [-0.3, -0.25) is 4.98 Å². The fourth-order valence-corrected chi connectivity index (χ4v) is 3.76. The van der Waals surface area contributed by atoms with Gasteiger partial charge in [-0.15, -0.1) is 11.3 Å². The minimum Gasteiger partial charge on any atom is -0.375 e. The molecule has 0 bridgehead atoms. The van der Waals surface area contributed by atoms with E-state index in [1.807, 2.05) is 31.2 Å². The molecule has 3 aromatic rings. The lowest BCUT2D eigenvalue weighted by molar-refractivity contribution is 0.119. The molecule has 2 heterocycles. The van der Waals surface area contributed by atoms with Gasteiger partial charge in [-0.05, 0) is 31.5 Å². The molecule has 1 atom stereocenters. The first-order chi connectivity index (χ1) is 12.4. The van der Waals surface area contributed by atoms with Gasteiger partial charge in [0.05, 0.1) is 29.0 Å². The van der Waals surface area contributed by atoms with Crippen molar-refractivity contribution in [2.75, 3.05) is 19.1 Å². The van der Waals surface area contributed by atoms with E-state index in [2.05, 4.69) is 16.0 Å². The van der Waals surface area contributed by atoms with E-state index in [1.165, 1.54) is 23.5 Å². The number of nitriles is 1. The molecule has 0 N–H and O–H groups in total. The van der Waals surface area contributed by atoms with Crippen molar-refractivity contribution in [3.8, 4) is 6.07 Å². The Morgan fingerprint density at radius 2 is 2.19 bits per heavy atom. The van der Waals surface area contributed by atoms with Gasteiger partial charge in [0.2, 0.25) is 0 Å². The number of anilines is 1. The first-order valence-corrected chi connectivity index (χ1v) is 8.99. The zero-order valence-corrected chi connectivity index (χ0v) is 15.9. The average molecular weight is 370 g/mol. The second-order valence-electron chi connectivity index (χ2n) is 6.16. The van der Waals surface area contributed by atoms with Gasteiger partial charge in [-0.25, -0.2) is 9.37 Å². The van der Waals surface area contributed by atoms with E-state index in [-0.39, 0.29) is 11.9 Å². The van der Waals surface area contributed by atoms with Crippen LogP contribution in [0.25, 0.3) is 10.9 Å². The van der Waals surface area contributed by atoms with Crippen molar-refractivity contribution in [2.45, 2.75) is 26.5 Å². The summed E-state index contributed by atoms with van der Waals surface area (Å²) in [4.78, 5) is 10.8. The van der Waals surface area contributed by atoms with Gasteiger partial charge >= 0.3 is 0 Å². The fourth-order valence-electron chi connectivity index (χ4n) is 2.92. The quantitative estimate of drug-likeness (QED) is 0.668. The Labute approximate surface area is 155 Å². The largest absolute Gasteiger partial charge is 0.375 e. The minimum absolute atomic E-state index is 0.0628. The van der Waals surface area contributed by atoms with Crippen LogP contribution in [0, 0.1) is 24.1 Å². The molecule has 26 heavy (non-hydrogen) atoms. The molecule has 7 heteroatoms. The molecule has 134 valence electrons. The van der Waals surface area contributed by atoms with E-state index in [1.54, 1.807) is 13.3 Å². The fraction of sp³-hybridized carbons (Fsp3) is 0.316. The number of thiazole rings is 1. The number of methoxy groups -OCH3 is 1. The van der Waals surface area contributed by atoms with E-state index in [0.717, 1.165) is 16.3 Å². The summed E-state index contributed by atoms with van der Waals surface area (Å²) in [7, 11) is 3.52. The number of nitrogens with zero attached hydrogens (tertiary/aromatic N) is 4. The number of ether oxygens (including phenoxy) is 1. The number of hydrogen-bond donors (Lipinski definition) is 0. The summed E-state index contributed by atoms with van der Waals surface area (Å²) in [6, 6.07) is 5.04. The lowest BCUT2D eigenvalue weighted by Crippen LogP contribution is -2.19. The molecule has 5 nitrogen and oxygen atoms in total. The van der Waals surface area contributed by atoms with E-state index in [9.17, 15) is 9.65 Å². The summed E-state index contributed by atoms with van der Waals surface area (Å²) in [5, 5.41) is 13.0. The number of benzene rings is 1. The molecule has 0 aliphatic carbocycles. The van der Waals surface area contributed by atoms with Crippen molar-refractivity contribution in [1.82, 2.24) is 9.97 Å².